The molecule has 0 aliphatic carbocycles. The molecule has 0 atom stereocenters. The van der Waals surface area contributed by atoms with Gasteiger partial charge in [-0.05, 0) is 42.5 Å². The molecule has 0 aromatic heterocycles. The minimum atomic E-state index is -0.697. The van der Waals surface area contributed by atoms with E-state index in [9.17, 15) is 9.18 Å². The summed E-state index contributed by atoms with van der Waals surface area (Å²) in [5.41, 5.74) is 5.31. The van der Waals surface area contributed by atoms with Crippen LogP contribution in [0.4, 0.5) is 10.1 Å². The molecule has 2 rings (SSSR count). The third kappa shape index (κ3) is 4.80. The summed E-state index contributed by atoms with van der Waals surface area (Å²) in [6.07, 6.45) is 0. The zero-order chi connectivity index (χ0) is 16.8. The molecule has 0 radical (unpaired) electrons. The van der Waals surface area contributed by atoms with E-state index in [0.29, 0.717) is 16.5 Å². The largest absolute Gasteiger partial charge is 0.497 e. The third-order valence-corrected chi connectivity index (χ3v) is 3.23. The summed E-state index contributed by atoms with van der Waals surface area (Å²) in [5, 5.41) is 3.51. The van der Waals surface area contributed by atoms with Gasteiger partial charge < -0.3 is 10.1 Å². The van der Waals surface area contributed by atoms with Gasteiger partial charge in [-0.2, -0.15) is 0 Å². The van der Waals surface area contributed by atoms with Crippen molar-refractivity contribution in [2.75, 3.05) is 12.4 Å². The van der Waals surface area contributed by atoms with Crippen molar-refractivity contribution >= 4 is 40.5 Å². The second-order valence-electron chi connectivity index (χ2n) is 4.39. The van der Waals surface area contributed by atoms with Gasteiger partial charge in [-0.25, -0.2) is 4.39 Å². The van der Waals surface area contributed by atoms with Gasteiger partial charge in [-0.1, -0.05) is 17.7 Å². The predicted molar refractivity (Wildman–Crippen MR) is 91.2 cm³/mol. The van der Waals surface area contributed by atoms with Crippen molar-refractivity contribution in [1.82, 2.24) is 10.9 Å². The van der Waals surface area contributed by atoms with E-state index in [1.807, 2.05) is 0 Å². The van der Waals surface area contributed by atoms with Crippen molar-refractivity contribution in [2.45, 2.75) is 0 Å². The number of ether oxygens (including phenoxy) is 1. The Morgan fingerprint density at radius 1 is 1.22 bits per heavy atom. The van der Waals surface area contributed by atoms with E-state index in [1.54, 1.807) is 24.3 Å². The molecule has 5 nitrogen and oxygen atoms in total. The summed E-state index contributed by atoms with van der Waals surface area (Å²) in [4.78, 5) is 11.9. The number of carbonyl (C=O) groups excluding carboxylic acids is 1. The second-order valence-corrected chi connectivity index (χ2v) is 5.23. The van der Waals surface area contributed by atoms with Crippen molar-refractivity contribution < 1.29 is 13.9 Å². The highest BCUT2D eigenvalue weighted by atomic mass is 35.5. The summed E-state index contributed by atoms with van der Waals surface area (Å²) >= 11 is 10.9. The molecule has 120 valence electrons. The number of hydrazine groups is 1. The summed E-state index contributed by atoms with van der Waals surface area (Å²) in [5.74, 6) is -1.04. The maximum absolute atomic E-state index is 13.8. The lowest BCUT2D eigenvalue weighted by Gasteiger charge is -2.12. The number of hydrogen-bond acceptors (Lipinski definition) is 3. The Balaban J connectivity index is 1.92. The molecule has 8 heteroatoms. The topological polar surface area (TPSA) is 62.4 Å². The quantitative estimate of drug-likeness (QED) is 0.584. The molecule has 0 heterocycles. The van der Waals surface area contributed by atoms with Crippen molar-refractivity contribution in [1.29, 1.82) is 0 Å². The number of halogens is 2. The molecule has 2 aromatic rings. The van der Waals surface area contributed by atoms with E-state index in [2.05, 4.69) is 16.2 Å². The third-order valence-electron chi connectivity index (χ3n) is 2.79. The molecular formula is C15H13ClFN3O2S. The van der Waals surface area contributed by atoms with E-state index in [4.69, 9.17) is 28.6 Å². The van der Waals surface area contributed by atoms with E-state index >= 15 is 0 Å². The van der Waals surface area contributed by atoms with Crippen LogP contribution in [-0.4, -0.2) is 18.1 Å². The molecule has 0 aliphatic rings. The highest BCUT2D eigenvalue weighted by Gasteiger charge is 2.12. The number of amides is 1. The fourth-order valence-electron chi connectivity index (χ4n) is 1.72. The Kier molecular flexibility index (Phi) is 5.72. The van der Waals surface area contributed by atoms with Crippen LogP contribution < -0.4 is 20.9 Å². The van der Waals surface area contributed by atoms with Gasteiger partial charge in [-0.15, -0.1) is 0 Å². The molecular weight excluding hydrogens is 341 g/mol. The second kappa shape index (κ2) is 7.75. The van der Waals surface area contributed by atoms with Crippen molar-refractivity contribution in [2.24, 2.45) is 0 Å². The summed E-state index contributed by atoms with van der Waals surface area (Å²) in [6.45, 7) is 0. The first-order valence-corrected chi connectivity index (χ1v) is 7.24. The van der Waals surface area contributed by atoms with E-state index in [-0.39, 0.29) is 10.7 Å². The Morgan fingerprint density at radius 2 is 2.00 bits per heavy atom. The number of hydrogen-bond donors (Lipinski definition) is 3. The van der Waals surface area contributed by atoms with Gasteiger partial charge >= 0.3 is 0 Å². The average molecular weight is 354 g/mol. The van der Waals surface area contributed by atoms with Crippen LogP contribution in [0, 0.1) is 5.82 Å². The van der Waals surface area contributed by atoms with Crippen LogP contribution in [0.25, 0.3) is 0 Å². The lowest BCUT2D eigenvalue weighted by molar-refractivity contribution is 0.0940. The molecule has 0 unspecified atom stereocenters. The maximum Gasteiger partial charge on any atom is 0.272 e. The molecule has 2 aromatic carbocycles. The highest BCUT2D eigenvalue weighted by Crippen LogP contribution is 2.16. The number of rotatable bonds is 3. The standard InChI is InChI=1S/C15H13ClFN3O2S/c1-22-11-5-6-12(13(17)8-11)14(21)19-20-15(23)18-10-4-2-3-9(16)7-10/h2-8H,1H3,(H,19,21)(H2,18,20,23). The minimum absolute atomic E-state index is 0.134. The Bertz CT molecular complexity index is 742. The molecule has 0 fully saturated rings. The molecule has 1 amide bonds. The predicted octanol–water partition coefficient (Wildman–Crippen LogP) is 3.12. The Labute approximate surface area is 142 Å². The normalized spacial score (nSPS) is 9.87. The van der Waals surface area contributed by atoms with Crippen LogP contribution in [0.1, 0.15) is 10.4 Å². The maximum atomic E-state index is 13.8. The van der Waals surface area contributed by atoms with Gasteiger partial charge in [0.05, 0.1) is 12.7 Å². The number of carbonyl (C=O) groups is 1. The highest BCUT2D eigenvalue weighted by molar-refractivity contribution is 7.80. The smallest absolute Gasteiger partial charge is 0.272 e. The number of benzene rings is 2. The number of anilines is 1. The van der Waals surface area contributed by atoms with Crippen molar-refractivity contribution in [3.63, 3.8) is 0 Å². The van der Waals surface area contributed by atoms with Crippen LogP contribution in [0.15, 0.2) is 42.5 Å². The molecule has 0 saturated heterocycles. The lowest BCUT2D eigenvalue weighted by Crippen LogP contribution is -2.44. The summed E-state index contributed by atoms with van der Waals surface area (Å²) in [7, 11) is 1.41. The zero-order valence-corrected chi connectivity index (χ0v) is 13.6. The first-order valence-electron chi connectivity index (χ1n) is 6.46. The summed E-state index contributed by atoms with van der Waals surface area (Å²) in [6, 6.07) is 10.8. The molecule has 0 saturated carbocycles. The van der Waals surface area contributed by atoms with Gasteiger partial charge in [0.15, 0.2) is 5.11 Å². The van der Waals surface area contributed by atoms with Gasteiger partial charge in [0.1, 0.15) is 11.6 Å². The van der Waals surface area contributed by atoms with Crippen LogP contribution >= 0.6 is 23.8 Å². The lowest BCUT2D eigenvalue weighted by atomic mass is 10.2. The summed E-state index contributed by atoms with van der Waals surface area (Å²) < 4.78 is 18.6. The first kappa shape index (κ1) is 17.0. The number of thiocarbonyl (C=S) groups is 1. The molecule has 0 bridgehead atoms. The fraction of sp³-hybridized carbons (Fsp3) is 0.0667. The first-order chi connectivity index (χ1) is 11.0. The van der Waals surface area contributed by atoms with E-state index < -0.39 is 11.7 Å². The monoisotopic (exact) mass is 353 g/mol. The van der Waals surface area contributed by atoms with Crippen LogP contribution in [0.2, 0.25) is 5.02 Å². The number of methoxy groups -OCH3 is 1. The van der Waals surface area contributed by atoms with Gasteiger partial charge in [0.2, 0.25) is 0 Å². The Hall–Kier alpha value is -2.38. The van der Waals surface area contributed by atoms with Crippen molar-refractivity contribution in [3.05, 3.63) is 58.9 Å². The van der Waals surface area contributed by atoms with Crippen LogP contribution in [0.5, 0.6) is 5.75 Å². The minimum Gasteiger partial charge on any atom is -0.497 e. The van der Waals surface area contributed by atoms with E-state index in [0.717, 1.165) is 6.07 Å². The van der Waals surface area contributed by atoms with Crippen molar-refractivity contribution in [3.8, 4) is 5.75 Å². The Morgan fingerprint density at radius 3 is 2.65 bits per heavy atom. The number of nitrogens with one attached hydrogen (secondary N) is 3. The average Bonchev–Trinajstić information content (AvgIpc) is 2.52. The fourth-order valence-corrected chi connectivity index (χ4v) is 2.08. The van der Waals surface area contributed by atoms with E-state index in [1.165, 1.54) is 19.2 Å². The van der Waals surface area contributed by atoms with Gasteiger partial charge in [0.25, 0.3) is 5.91 Å². The van der Waals surface area contributed by atoms with Crippen LogP contribution in [0.3, 0.4) is 0 Å². The SMILES string of the molecule is COc1ccc(C(=O)NNC(=S)Nc2cccc(Cl)c2)c(F)c1. The van der Waals surface area contributed by atoms with Gasteiger partial charge in [-0.3, -0.25) is 15.6 Å². The molecule has 23 heavy (non-hydrogen) atoms. The molecule has 0 spiro atoms. The zero-order valence-electron chi connectivity index (χ0n) is 12.0. The molecule has 0 aliphatic heterocycles. The van der Waals surface area contributed by atoms with Gasteiger partial charge in [0, 0.05) is 16.8 Å². The van der Waals surface area contributed by atoms with Crippen LogP contribution in [-0.2, 0) is 0 Å². The molecule has 3 N–H and O–H groups in total.